The molecule has 0 aliphatic carbocycles. The summed E-state index contributed by atoms with van der Waals surface area (Å²) in [7, 11) is 0. The van der Waals surface area contributed by atoms with Crippen LogP contribution in [0.1, 0.15) is 37.1 Å². The number of aromatic amines is 1. The van der Waals surface area contributed by atoms with E-state index in [-0.39, 0.29) is 24.3 Å². The second kappa shape index (κ2) is 9.34. The molecule has 9 nitrogen and oxygen atoms in total. The van der Waals surface area contributed by atoms with Crippen molar-refractivity contribution >= 4 is 12.4 Å². The van der Waals surface area contributed by atoms with Gasteiger partial charge in [-0.2, -0.15) is 5.10 Å². The molecule has 1 aliphatic heterocycles. The number of benzene rings is 1. The molecule has 2 aromatic heterocycles. The number of nitrogens with zero attached hydrogens (tertiary/aromatic N) is 5. The Kier molecular flexibility index (Phi) is 6.61. The number of hydrogen-bond donors (Lipinski definition) is 2. The van der Waals surface area contributed by atoms with Crippen LogP contribution in [0, 0.1) is 12.8 Å². The topological polar surface area (TPSA) is 117 Å². The molecule has 0 spiro atoms. The Labute approximate surface area is 174 Å². The maximum absolute atomic E-state index is 13.0. The van der Waals surface area contributed by atoms with Gasteiger partial charge in [0.25, 0.3) is 6.47 Å². The number of carboxylic acid groups (broad SMARTS) is 1. The first-order valence-corrected chi connectivity index (χ1v) is 9.82. The number of amides is 1. The van der Waals surface area contributed by atoms with Gasteiger partial charge in [-0.05, 0) is 12.8 Å². The minimum Gasteiger partial charge on any atom is -0.483 e. The first-order chi connectivity index (χ1) is 14.5. The zero-order valence-electron chi connectivity index (χ0n) is 17.3. The third-order valence-corrected chi connectivity index (χ3v) is 5.09. The molecule has 0 unspecified atom stereocenters. The summed E-state index contributed by atoms with van der Waals surface area (Å²) in [6.07, 6.45) is 1.94. The van der Waals surface area contributed by atoms with Crippen molar-refractivity contribution in [2.45, 2.75) is 39.8 Å². The van der Waals surface area contributed by atoms with Crippen molar-refractivity contribution in [3.8, 4) is 11.4 Å². The molecule has 0 radical (unpaired) electrons. The lowest BCUT2D eigenvalue weighted by molar-refractivity contribution is -0.135. The molecule has 1 aliphatic rings. The van der Waals surface area contributed by atoms with E-state index < -0.39 is 0 Å². The van der Waals surface area contributed by atoms with Gasteiger partial charge in [-0.15, -0.1) is 0 Å². The maximum atomic E-state index is 13.0. The molecule has 0 saturated heterocycles. The lowest BCUT2D eigenvalue weighted by Gasteiger charge is -2.37. The number of hydrogen-bond acceptors (Lipinski definition) is 5. The number of nitrogens with one attached hydrogen (secondary N) is 1. The quantitative estimate of drug-likeness (QED) is 0.638. The lowest BCUT2D eigenvalue weighted by atomic mass is 9.99. The summed E-state index contributed by atoms with van der Waals surface area (Å²) < 4.78 is 1.95. The molecule has 1 atom stereocenters. The predicted octanol–water partition coefficient (Wildman–Crippen LogP) is 2.46. The normalized spacial score (nSPS) is 15.3. The maximum Gasteiger partial charge on any atom is 0.290 e. The minimum absolute atomic E-state index is 0.0828. The molecule has 0 saturated carbocycles. The van der Waals surface area contributed by atoms with Gasteiger partial charge >= 0.3 is 0 Å². The van der Waals surface area contributed by atoms with Crippen LogP contribution in [0.15, 0.2) is 36.7 Å². The highest BCUT2D eigenvalue weighted by atomic mass is 16.3. The minimum atomic E-state index is -0.250. The highest BCUT2D eigenvalue weighted by molar-refractivity contribution is 5.79. The van der Waals surface area contributed by atoms with Crippen LogP contribution in [0.25, 0.3) is 11.4 Å². The fourth-order valence-electron chi connectivity index (χ4n) is 3.68. The zero-order valence-corrected chi connectivity index (χ0v) is 17.3. The van der Waals surface area contributed by atoms with Crippen LogP contribution in [-0.4, -0.2) is 53.7 Å². The van der Waals surface area contributed by atoms with Crippen molar-refractivity contribution in [1.82, 2.24) is 29.6 Å². The van der Waals surface area contributed by atoms with E-state index in [1.165, 1.54) is 0 Å². The highest BCUT2D eigenvalue weighted by Crippen LogP contribution is 2.32. The lowest BCUT2D eigenvalue weighted by Crippen LogP contribution is -2.45. The zero-order chi connectivity index (χ0) is 21.7. The van der Waals surface area contributed by atoms with Crippen molar-refractivity contribution in [2.24, 2.45) is 5.92 Å². The largest absolute Gasteiger partial charge is 0.483 e. The Morgan fingerprint density at radius 2 is 2.00 bits per heavy atom. The number of carbonyl (C=O) groups excluding carboxylic acids is 1. The molecule has 158 valence electrons. The average molecular weight is 410 g/mol. The van der Waals surface area contributed by atoms with Gasteiger partial charge in [0.15, 0.2) is 11.6 Å². The second-order valence-electron chi connectivity index (χ2n) is 7.42. The monoisotopic (exact) mass is 410 g/mol. The number of rotatable bonds is 4. The van der Waals surface area contributed by atoms with E-state index in [1.54, 1.807) is 6.33 Å². The number of aromatic nitrogens is 5. The standard InChI is InChI=1S/C20H24N6O.CH2O2/c1-13(2)18-20-23-19(15-7-5-4-6-8-15)24-26(20)10-9-25(18)17(27)11-16-14(3)21-12-22-16;2-1-3/h4-8,12-13,18H,9-11H2,1-3H3,(H,21,22);1H,(H,2,3)/t18-;/m0./s1. The van der Waals surface area contributed by atoms with E-state index in [9.17, 15) is 4.79 Å². The number of imidazole rings is 1. The van der Waals surface area contributed by atoms with E-state index in [1.807, 2.05) is 46.8 Å². The van der Waals surface area contributed by atoms with Crippen molar-refractivity contribution in [2.75, 3.05) is 6.54 Å². The summed E-state index contributed by atoms with van der Waals surface area (Å²) in [5, 5.41) is 11.6. The summed E-state index contributed by atoms with van der Waals surface area (Å²) in [6, 6.07) is 9.88. The third-order valence-electron chi connectivity index (χ3n) is 5.09. The Bertz CT molecular complexity index is 995. The van der Waals surface area contributed by atoms with Gasteiger partial charge in [0.1, 0.15) is 0 Å². The predicted molar refractivity (Wildman–Crippen MR) is 110 cm³/mol. The van der Waals surface area contributed by atoms with E-state index in [0.717, 1.165) is 22.8 Å². The summed E-state index contributed by atoms with van der Waals surface area (Å²) in [6.45, 7) is 7.22. The van der Waals surface area contributed by atoms with Crippen LogP contribution in [0.3, 0.4) is 0 Å². The molecular formula is C21H26N6O3. The van der Waals surface area contributed by atoms with Crippen molar-refractivity contribution < 1.29 is 14.7 Å². The second-order valence-corrected chi connectivity index (χ2v) is 7.42. The van der Waals surface area contributed by atoms with Crippen molar-refractivity contribution in [1.29, 1.82) is 0 Å². The Balaban J connectivity index is 0.000000806. The average Bonchev–Trinajstić information content (AvgIpc) is 3.34. The van der Waals surface area contributed by atoms with Crippen LogP contribution < -0.4 is 0 Å². The van der Waals surface area contributed by atoms with E-state index >= 15 is 0 Å². The molecule has 9 heteroatoms. The molecule has 4 rings (SSSR count). The van der Waals surface area contributed by atoms with Crippen molar-refractivity contribution in [3.05, 3.63) is 53.9 Å². The van der Waals surface area contributed by atoms with E-state index in [4.69, 9.17) is 14.9 Å². The number of carbonyl (C=O) groups is 2. The SMILES string of the molecule is Cc1[nH]cnc1CC(=O)N1CCn2nc(-c3ccccc3)nc2[C@@H]1C(C)C.O=CO. The molecule has 2 N–H and O–H groups in total. The highest BCUT2D eigenvalue weighted by Gasteiger charge is 2.36. The Morgan fingerprint density at radius 3 is 2.60 bits per heavy atom. The van der Waals surface area contributed by atoms with Gasteiger partial charge in [0.05, 0.1) is 31.0 Å². The number of H-pyrrole nitrogens is 1. The van der Waals surface area contributed by atoms with Gasteiger partial charge in [0, 0.05) is 17.8 Å². The summed E-state index contributed by atoms with van der Waals surface area (Å²) >= 11 is 0. The first-order valence-electron chi connectivity index (χ1n) is 9.82. The Hall–Kier alpha value is -3.49. The summed E-state index contributed by atoms with van der Waals surface area (Å²) in [5.74, 6) is 1.90. The first kappa shape index (κ1) is 21.2. The Morgan fingerprint density at radius 1 is 1.30 bits per heavy atom. The smallest absolute Gasteiger partial charge is 0.290 e. The number of aryl methyl sites for hydroxylation is 1. The molecule has 0 fully saturated rings. The van der Waals surface area contributed by atoms with Gasteiger partial charge < -0.3 is 15.0 Å². The van der Waals surface area contributed by atoms with Crippen LogP contribution in [0.4, 0.5) is 0 Å². The molecule has 1 amide bonds. The fourth-order valence-corrected chi connectivity index (χ4v) is 3.68. The molecule has 3 heterocycles. The molecular weight excluding hydrogens is 384 g/mol. The molecule has 1 aromatic carbocycles. The third kappa shape index (κ3) is 4.40. The van der Waals surface area contributed by atoms with Crippen molar-refractivity contribution in [3.63, 3.8) is 0 Å². The molecule has 30 heavy (non-hydrogen) atoms. The molecule has 0 bridgehead atoms. The van der Waals surface area contributed by atoms with Crippen LogP contribution >= 0.6 is 0 Å². The van der Waals surface area contributed by atoms with Crippen LogP contribution in [0.5, 0.6) is 0 Å². The van der Waals surface area contributed by atoms with Gasteiger partial charge in [-0.25, -0.2) is 14.6 Å². The fraction of sp³-hybridized carbons (Fsp3) is 0.381. The van der Waals surface area contributed by atoms with Gasteiger partial charge in [-0.3, -0.25) is 9.59 Å². The number of fused-ring (bicyclic) bond motifs is 1. The van der Waals surface area contributed by atoms with E-state index in [0.29, 0.717) is 25.3 Å². The van der Waals surface area contributed by atoms with Gasteiger partial charge in [-0.1, -0.05) is 44.2 Å². The van der Waals surface area contributed by atoms with Gasteiger partial charge in [0.2, 0.25) is 5.91 Å². The molecule has 3 aromatic rings. The van der Waals surface area contributed by atoms with E-state index in [2.05, 4.69) is 28.9 Å². The van der Waals surface area contributed by atoms with Crippen LogP contribution in [-0.2, 0) is 22.6 Å². The summed E-state index contributed by atoms with van der Waals surface area (Å²) in [5.41, 5.74) is 2.74. The van der Waals surface area contributed by atoms with Crippen LogP contribution in [0.2, 0.25) is 0 Å². The summed E-state index contributed by atoms with van der Waals surface area (Å²) in [4.78, 5) is 35.5.